The van der Waals surface area contributed by atoms with Crippen LogP contribution in [0, 0.1) is 5.92 Å². The molecule has 156 valence electrons. The number of aliphatic carboxylic acids is 1. The maximum Gasteiger partial charge on any atom is 0.452 e. The highest BCUT2D eigenvalue weighted by Gasteiger charge is 2.30. The Morgan fingerprint density at radius 3 is 2.50 bits per heavy atom. The van der Waals surface area contributed by atoms with Gasteiger partial charge in [0.05, 0.1) is 18.7 Å². The normalized spacial score (nSPS) is 14.4. The lowest BCUT2D eigenvalue weighted by molar-refractivity contribution is -0.136. The SMILES string of the molecule is CC(C)(C)OC(=O)S(=O)(=O)OCNc1cc(CC(=O)O)ccc1OCC1CC1. The Morgan fingerprint density at radius 1 is 1.25 bits per heavy atom. The van der Waals surface area contributed by atoms with Crippen molar-refractivity contribution in [2.24, 2.45) is 5.92 Å². The number of carboxylic acids is 1. The largest absolute Gasteiger partial charge is 0.491 e. The molecule has 1 saturated carbocycles. The number of carboxylic acid groups (broad SMARTS) is 1. The van der Waals surface area contributed by atoms with Crippen molar-refractivity contribution in [1.29, 1.82) is 0 Å². The highest BCUT2D eigenvalue weighted by atomic mass is 32.2. The third-order valence-electron chi connectivity index (χ3n) is 3.64. The molecule has 1 aromatic carbocycles. The maximum absolute atomic E-state index is 11.9. The molecule has 2 rings (SSSR count). The van der Waals surface area contributed by atoms with Gasteiger partial charge >= 0.3 is 21.4 Å². The average Bonchev–Trinajstić information content (AvgIpc) is 3.36. The molecule has 0 spiro atoms. The van der Waals surface area contributed by atoms with E-state index < -0.39 is 33.7 Å². The Bertz CT molecular complexity index is 824. The minimum atomic E-state index is -4.58. The molecule has 0 atom stereocenters. The van der Waals surface area contributed by atoms with Crippen molar-refractivity contribution < 1.29 is 36.8 Å². The van der Waals surface area contributed by atoms with Crippen molar-refractivity contribution in [3.05, 3.63) is 23.8 Å². The Balaban J connectivity index is 2.03. The molecule has 1 aliphatic carbocycles. The van der Waals surface area contributed by atoms with Crippen LogP contribution < -0.4 is 10.1 Å². The molecule has 0 radical (unpaired) electrons. The fraction of sp³-hybridized carbons (Fsp3) is 0.556. The molecule has 1 aromatic rings. The van der Waals surface area contributed by atoms with Gasteiger partial charge in [-0.15, -0.1) is 0 Å². The molecular weight excluding hydrogens is 390 g/mol. The van der Waals surface area contributed by atoms with E-state index in [1.54, 1.807) is 18.2 Å². The predicted octanol–water partition coefficient (Wildman–Crippen LogP) is 2.75. The van der Waals surface area contributed by atoms with Crippen LogP contribution in [0.5, 0.6) is 5.75 Å². The molecule has 28 heavy (non-hydrogen) atoms. The zero-order chi connectivity index (χ0) is 20.9. The van der Waals surface area contributed by atoms with Crippen LogP contribution in [0.15, 0.2) is 18.2 Å². The summed E-state index contributed by atoms with van der Waals surface area (Å²) in [6.07, 6.45) is 1.99. The van der Waals surface area contributed by atoms with Gasteiger partial charge in [-0.05, 0) is 57.2 Å². The first-order chi connectivity index (χ1) is 13.0. The molecule has 1 aliphatic rings. The van der Waals surface area contributed by atoms with E-state index in [1.807, 2.05) is 0 Å². The van der Waals surface area contributed by atoms with E-state index in [-0.39, 0.29) is 6.42 Å². The third-order valence-corrected chi connectivity index (χ3v) is 4.56. The first-order valence-electron chi connectivity index (χ1n) is 8.80. The lowest BCUT2D eigenvalue weighted by Gasteiger charge is -2.19. The number of rotatable bonds is 9. The van der Waals surface area contributed by atoms with E-state index in [0.29, 0.717) is 29.5 Å². The summed E-state index contributed by atoms with van der Waals surface area (Å²) in [6, 6.07) is 4.78. The van der Waals surface area contributed by atoms with Crippen molar-refractivity contribution in [3.63, 3.8) is 0 Å². The zero-order valence-corrected chi connectivity index (χ0v) is 16.9. The van der Waals surface area contributed by atoms with Gasteiger partial charge in [-0.2, -0.15) is 8.42 Å². The molecule has 0 aliphatic heterocycles. The summed E-state index contributed by atoms with van der Waals surface area (Å²) in [5.41, 5.74) is -0.0989. The molecule has 1 fully saturated rings. The summed E-state index contributed by atoms with van der Waals surface area (Å²) in [5, 5.41) is 10.2. The monoisotopic (exact) mass is 415 g/mol. The minimum absolute atomic E-state index is 0.200. The third kappa shape index (κ3) is 7.35. The Morgan fingerprint density at radius 2 is 1.93 bits per heavy atom. The number of hydrogen-bond donors (Lipinski definition) is 2. The van der Waals surface area contributed by atoms with Gasteiger partial charge in [0.2, 0.25) is 0 Å². The fourth-order valence-corrected chi connectivity index (χ4v) is 2.81. The van der Waals surface area contributed by atoms with Gasteiger partial charge in [0.1, 0.15) is 18.1 Å². The van der Waals surface area contributed by atoms with Crippen molar-refractivity contribution in [3.8, 4) is 5.75 Å². The summed E-state index contributed by atoms with van der Waals surface area (Å²) in [4.78, 5) is 22.6. The summed E-state index contributed by atoms with van der Waals surface area (Å²) in [5.74, 6) is -0.0593. The van der Waals surface area contributed by atoms with Crippen LogP contribution in [0.2, 0.25) is 0 Å². The number of nitrogens with one attached hydrogen (secondary N) is 1. The Hall–Kier alpha value is -2.33. The second kappa shape index (κ2) is 8.78. The molecule has 0 aromatic heterocycles. The molecule has 0 unspecified atom stereocenters. The molecular formula is C18H25NO8S. The highest BCUT2D eigenvalue weighted by molar-refractivity contribution is 8.01. The van der Waals surface area contributed by atoms with E-state index in [4.69, 9.17) is 14.6 Å². The first-order valence-corrected chi connectivity index (χ1v) is 10.2. The van der Waals surface area contributed by atoms with Crippen molar-refractivity contribution in [2.45, 2.75) is 45.6 Å². The van der Waals surface area contributed by atoms with E-state index in [2.05, 4.69) is 9.50 Å². The standard InChI is InChI=1S/C18H25NO8S/c1-18(2,3)27-17(22)28(23,24)26-11-19-14-8-13(9-16(20)21)6-7-15(14)25-10-12-4-5-12/h6-8,12,19H,4-5,9-11H2,1-3H3,(H,20,21). The van der Waals surface area contributed by atoms with Crippen molar-refractivity contribution in [2.75, 3.05) is 18.7 Å². The first kappa shape index (κ1) is 22.0. The number of hydrogen-bond acceptors (Lipinski definition) is 8. The van der Waals surface area contributed by atoms with Crippen LogP contribution in [0.1, 0.15) is 39.2 Å². The van der Waals surface area contributed by atoms with Crippen LogP contribution >= 0.6 is 0 Å². The molecule has 0 bridgehead atoms. The summed E-state index contributed by atoms with van der Waals surface area (Å²) in [6.45, 7) is 4.59. The molecule has 0 heterocycles. The number of carbonyl (C=O) groups is 2. The van der Waals surface area contributed by atoms with E-state index in [0.717, 1.165) is 12.8 Å². The number of ether oxygens (including phenoxy) is 2. The summed E-state index contributed by atoms with van der Waals surface area (Å²) >= 11 is 0. The van der Waals surface area contributed by atoms with Crippen LogP contribution in [0.3, 0.4) is 0 Å². The maximum atomic E-state index is 11.9. The van der Waals surface area contributed by atoms with Crippen molar-refractivity contribution >= 4 is 27.1 Å². The molecule has 10 heteroatoms. The second-order valence-corrected chi connectivity index (χ2v) is 8.99. The quantitative estimate of drug-likeness (QED) is 0.355. The summed E-state index contributed by atoms with van der Waals surface area (Å²) in [7, 11) is -4.58. The topological polar surface area (TPSA) is 128 Å². The van der Waals surface area contributed by atoms with Crippen LogP contribution in [0.4, 0.5) is 10.5 Å². The second-order valence-electron chi connectivity index (χ2n) is 7.51. The van der Waals surface area contributed by atoms with E-state index in [1.165, 1.54) is 20.8 Å². The lowest BCUT2D eigenvalue weighted by Crippen LogP contribution is -2.30. The molecule has 0 saturated heterocycles. The number of carbonyl (C=O) groups excluding carboxylic acids is 1. The average molecular weight is 415 g/mol. The number of anilines is 1. The Labute approximate surface area is 164 Å². The van der Waals surface area contributed by atoms with Gasteiger partial charge in [-0.3, -0.25) is 4.79 Å². The van der Waals surface area contributed by atoms with Gasteiger partial charge in [-0.25, -0.2) is 8.98 Å². The van der Waals surface area contributed by atoms with Gasteiger partial charge in [0, 0.05) is 0 Å². The van der Waals surface area contributed by atoms with Crippen LogP contribution in [0.25, 0.3) is 0 Å². The lowest BCUT2D eigenvalue weighted by atomic mass is 10.1. The summed E-state index contributed by atoms with van der Waals surface area (Å²) < 4.78 is 38.9. The molecule has 0 amide bonds. The van der Waals surface area contributed by atoms with Crippen molar-refractivity contribution in [1.82, 2.24) is 0 Å². The smallest absolute Gasteiger partial charge is 0.452 e. The van der Waals surface area contributed by atoms with Crippen LogP contribution in [-0.2, 0) is 30.3 Å². The number of benzene rings is 1. The van der Waals surface area contributed by atoms with Gasteiger partial charge < -0.3 is 19.9 Å². The van der Waals surface area contributed by atoms with Gasteiger partial charge in [-0.1, -0.05) is 6.07 Å². The van der Waals surface area contributed by atoms with Crippen LogP contribution in [-0.4, -0.2) is 43.7 Å². The zero-order valence-electron chi connectivity index (χ0n) is 16.1. The molecule has 2 N–H and O–H groups in total. The van der Waals surface area contributed by atoms with Gasteiger partial charge in [0.15, 0.2) is 0 Å². The van der Waals surface area contributed by atoms with E-state index in [9.17, 15) is 18.0 Å². The van der Waals surface area contributed by atoms with Gasteiger partial charge in [0.25, 0.3) is 0 Å². The molecule has 9 nitrogen and oxygen atoms in total. The fourth-order valence-electron chi connectivity index (χ4n) is 2.15. The Kier molecular flexibility index (Phi) is 6.89. The predicted molar refractivity (Wildman–Crippen MR) is 101 cm³/mol. The van der Waals surface area contributed by atoms with E-state index >= 15 is 0 Å². The highest BCUT2D eigenvalue weighted by Crippen LogP contribution is 2.32. The minimum Gasteiger partial charge on any atom is -0.491 e.